The third-order valence-electron chi connectivity index (χ3n) is 3.33. The van der Waals surface area contributed by atoms with Crippen molar-refractivity contribution in [2.75, 3.05) is 25.5 Å². The second kappa shape index (κ2) is 7.25. The first-order valence-corrected chi connectivity index (χ1v) is 7.66. The van der Waals surface area contributed by atoms with E-state index in [1.807, 2.05) is 0 Å². The van der Waals surface area contributed by atoms with Crippen LogP contribution in [-0.4, -0.2) is 32.1 Å². The Kier molecular flexibility index (Phi) is 5.37. The number of thiophene rings is 1. The van der Waals surface area contributed by atoms with Crippen molar-refractivity contribution < 1.29 is 14.3 Å². The van der Waals surface area contributed by atoms with E-state index in [9.17, 15) is 9.59 Å². The molecule has 0 bridgehead atoms. The van der Waals surface area contributed by atoms with E-state index in [2.05, 4.69) is 16.6 Å². The number of hydrogen-bond donors (Lipinski definition) is 2. The van der Waals surface area contributed by atoms with E-state index in [0.29, 0.717) is 17.1 Å². The molecule has 0 fully saturated rings. The van der Waals surface area contributed by atoms with Crippen molar-refractivity contribution in [2.24, 2.45) is 0 Å². The summed E-state index contributed by atoms with van der Waals surface area (Å²) < 4.78 is 4.86. The Balaban J connectivity index is 2.18. The second-order valence-corrected chi connectivity index (χ2v) is 5.87. The molecule has 2 rings (SSSR count). The predicted octanol–water partition coefficient (Wildman–Crippen LogP) is 1.57. The number of terminal acetylenes is 1. The molecule has 1 aromatic heterocycles. The Hall–Kier alpha value is -1.84. The van der Waals surface area contributed by atoms with Crippen LogP contribution in [0.4, 0.5) is 5.00 Å². The molecular weight excluding hydrogens is 288 g/mol. The number of methoxy groups -OCH3 is 1. The van der Waals surface area contributed by atoms with Crippen molar-refractivity contribution in [3.05, 3.63) is 16.0 Å². The van der Waals surface area contributed by atoms with Crippen LogP contribution < -0.4 is 10.6 Å². The quantitative estimate of drug-likeness (QED) is 0.492. The number of carbonyl (C=O) groups excluding carboxylic acids is 2. The molecule has 0 saturated heterocycles. The minimum atomic E-state index is -0.388. The number of nitrogens with one attached hydrogen (secondary N) is 2. The number of esters is 1. The summed E-state index contributed by atoms with van der Waals surface area (Å²) in [6.07, 6.45) is 9.10. The molecule has 21 heavy (non-hydrogen) atoms. The summed E-state index contributed by atoms with van der Waals surface area (Å²) >= 11 is 1.47. The molecule has 1 heterocycles. The van der Waals surface area contributed by atoms with Crippen LogP contribution >= 0.6 is 11.3 Å². The van der Waals surface area contributed by atoms with Gasteiger partial charge in [0.25, 0.3) is 0 Å². The van der Waals surface area contributed by atoms with Gasteiger partial charge in [0.1, 0.15) is 5.00 Å². The van der Waals surface area contributed by atoms with Crippen LogP contribution in [0.5, 0.6) is 0 Å². The van der Waals surface area contributed by atoms with Crippen LogP contribution in [0.15, 0.2) is 0 Å². The minimum Gasteiger partial charge on any atom is -0.465 e. The van der Waals surface area contributed by atoms with E-state index in [1.165, 1.54) is 23.3 Å². The van der Waals surface area contributed by atoms with Crippen LogP contribution in [0.25, 0.3) is 0 Å². The van der Waals surface area contributed by atoms with Crippen LogP contribution in [0, 0.1) is 12.3 Å². The van der Waals surface area contributed by atoms with Gasteiger partial charge in [-0.15, -0.1) is 17.8 Å². The number of ether oxygens (including phenoxy) is 1. The molecule has 1 aliphatic carbocycles. The highest BCUT2D eigenvalue weighted by atomic mass is 32.1. The topological polar surface area (TPSA) is 67.4 Å². The molecule has 6 heteroatoms. The molecule has 1 amide bonds. The molecule has 0 saturated carbocycles. The number of fused-ring (bicyclic) bond motifs is 1. The van der Waals surface area contributed by atoms with Crippen molar-refractivity contribution in [3.8, 4) is 12.3 Å². The van der Waals surface area contributed by atoms with Crippen LogP contribution in [-0.2, 0) is 22.4 Å². The van der Waals surface area contributed by atoms with Gasteiger partial charge in [-0.1, -0.05) is 5.92 Å². The highest BCUT2D eigenvalue weighted by Crippen LogP contribution is 2.38. The van der Waals surface area contributed by atoms with E-state index in [1.54, 1.807) is 0 Å². The van der Waals surface area contributed by atoms with Gasteiger partial charge in [0.15, 0.2) is 0 Å². The highest BCUT2D eigenvalue weighted by molar-refractivity contribution is 7.17. The van der Waals surface area contributed by atoms with Crippen molar-refractivity contribution in [2.45, 2.75) is 25.7 Å². The molecule has 0 radical (unpaired) electrons. The highest BCUT2D eigenvalue weighted by Gasteiger charge is 2.26. The average molecular weight is 306 g/mol. The summed E-state index contributed by atoms with van der Waals surface area (Å²) in [5, 5.41) is 6.19. The minimum absolute atomic E-state index is 0.118. The largest absolute Gasteiger partial charge is 0.465 e. The lowest BCUT2D eigenvalue weighted by Gasteiger charge is -2.11. The Morgan fingerprint density at radius 3 is 2.86 bits per heavy atom. The molecule has 1 aromatic rings. The summed E-state index contributed by atoms with van der Waals surface area (Å²) in [5.74, 6) is 1.80. The maximum Gasteiger partial charge on any atom is 0.341 e. The van der Waals surface area contributed by atoms with Gasteiger partial charge in [-0.05, 0) is 31.2 Å². The van der Waals surface area contributed by atoms with Gasteiger partial charge in [0.2, 0.25) is 5.91 Å². The number of aryl methyl sites for hydroxylation is 1. The molecule has 0 aliphatic heterocycles. The van der Waals surface area contributed by atoms with Gasteiger partial charge in [0, 0.05) is 4.88 Å². The molecule has 2 N–H and O–H groups in total. The van der Waals surface area contributed by atoms with Crippen molar-refractivity contribution in [1.29, 1.82) is 0 Å². The summed E-state index contributed by atoms with van der Waals surface area (Å²) in [6.45, 7) is 0.450. The van der Waals surface area contributed by atoms with E-state index in [-0.39, 0.29) is 18.4 Å². The van der Waals surface area contributed by atoms with Crippen LogP contribution in [0.3, 0.4) is 0 Å². The fourth-order valence-electron chi connectivity index (χ4n) is 2.39. The lowest BCUT2D eigenvalue weighted by molar-refractivity contribution is -0.115. The third-order valence-corrected chi connectivity index (χ3v) is 4.53. The van der Waals surface area contributed by atoms with Crippen LogP contribution in [0.1, 0.15) is 33.6 Å². The van der Waals surface area contributed by atoms with Crippen molar-refractivity contribution >= 4 is 28.2 Å². The fraction of sp³-hybridized carbons (Fsp3) is 0.467. The fourth-order valence-corrected chi connectivity index (χ4v) is 3.68. The number of amides is 1. The van der Waals surface area contributed by atoms with Gasteiger partial charge < -0.3 is 10.1 Å². The number of carbonyl (C=O) groups is 2. The first kappa shape index (κ1) is 15.5. The maximum absolute atomic E-state index is 12.0. The molecule has 0 aromatic carbocycles. The van der Waals surface area contributed by atoms with Gasteiger partial charge in [-0.3, -0.25) is 10.1 Å². The van der Waals surface area contributed by atoms with E-state index >= 15 is 0 Å². The lowest BCUT2D eigenvalue weighted by Crippen LogP contribution is -2.28. The molecule has 0 atom stereocenters. The first-order chi connectivity index (χ1) is 10.2. The maximum atomic E-state index is 12.0. The Bertz CT molecular complexity index is 586. The van der Waals surface area contributed by atoms with Gasteiger partial charge in [-0.25, -0.2) is 4.79 Å². The zero-order valence-corrected chi connectivity index (χ0v) is 12.8. The molecular formula is C15H18N2O3S. The Morgan fingerprint density at radius 2 is 2.14 bits per heavy atom. The van der Waals surface area contributed by atoms with E-state index in [0.717, 1.165) is 31.2 Å². The second-order valence-electron chi connectivity index (χ2n) is 4.76. The van der Waals surface area contributed by atoms with Crippen LogP contribution in [0.2, 0.25) is 0 Å². The number of rotatable bonds is 5. The standard InChI is InChI=1S/C15H18N2O3S/c1-3-8-16-9-12(18)17-14-13(15(19)20-2)10-6-4-5-7-11(10)21-14/h1,16H,4-9H2,2H3,(H,17,18). The van der Waals surface area contributed by atoms with Gasteiger partial charge in [-0.2, -0.15) is 0 Å². The summed E-state index contributed by atoms with van der Waals surface area (Å²) in [7, 11) is 1.36. The van der Waals surface area contributed by atoms with Gasteiger partial charge in [0.05, 0.1) is 25.8 Å². The molecule has 1 aliphatic rings. The average Bonchev–Trinajstić information content (AvgIpc) is 2.84. The van der Waals surface area contributed by atoms with E-state index in [4.69, 9.17) is 11.2 Å². The zero-order valence-electron chi connectivity index (χ0n) is 12.0. The lowest BCUT2D eigenvalue weighted by atomic mass is 9.95. The van der Waals surface area contributed by atoms with Gasteiger partial charge >= 0.3 is 5.97 Å². The van der Waals surface area contributed by atoms with E-state index < -0.39 is 0 Å². The summed E-state index contributed by atoms with van der Waals surface area (Å²) in [4.78, 5) is 25.1. The summed E-state index contributed by atoms with van der Waals surface area (Å²) in [5.41, 5.74) is 1.55. The predicted molar refractivity (Wildman–Crippen MR) is 82.6 cm³/mol. The summed E-state index contributed by atoms with van der Waals surface area (Å²) in [6, 6.07) is 0. The Morgan fingerprint density at radius 1 is 1.38 bits per heavy atom. The molecule has 0 spiro atoms. The molecule has 112 valence electrons. The number of anilines is 1. The SMILES string of the molecule is C#CCNCC(=O)Nc1sc2c(c1C(=O)OC)CCCC2. The Labute approximate surface area is 128 Å². The molecule has 5 nitrogen and oxygen atoms in total. The normalized spacial score (nSPS) is 13.1. The molecule has 0 unspecified atom stereocenters. The monoisotopic (exact) mass is 306 g/mol. The third kappa shape index (κ3) is 3.63. The zero-order chi connectivity index (χ0) is 15.2. The first-order valence-electron chi connectivity index (χ1n) is 6.84. The van der Waals surface area contributed by atoms with Crippen molar-refractivity contribution in [3.63, 3.8) is 0 Å². The smallest absolute Gasteiger partial charge is 0.341 e. The van der Waals surface area contributed by atoms with Crippen molar-refractivity contribution in [1.82, 2.24) is 5.32 Å². The number of hydrogen-bond acceptors (Lipinski definition) is 5.